The molecule has 2 aromatic rings. The second kappa shape index (κ2) is 7.37. The van der Waals surface area contributed by atoms with E-state index in [9.17, 15) is 4.79 Å². The van der Waals surface area contributed by atoms with Gasteiger partial charge in [0, 0.05) is 19.1 Å². The van der Waals surface area contributed by atoms with Crippen molar-refractivity contribution in [3.8, 4) is 0 Å². The maximum Gasteiger partial charge on any atom is 0.242 e. The Bertz CT molecular complexity index is 613. The van der Waals surface area contributed by atoms with Crippen molar-refractivity contribution in [1.29, 1.82) is 0 Å². The van der Waals surface area contributed by atoms with E-state index < -0.39 is 0 Å². The van der Waals surface area contributed by atoms with Gasteiger partial charge >= 0.3 is 0 Å². The summed E-state index contributed by atoms with van der Waals surface area (Å²) >= 11 is 0. The summed E-state index contributed by atoms with van der Waals surface area (Å²) in [5, 5.41) is 7.13. The van der Waals surface area contributed by atoms with Crippen LogP contribution < -0.4 is 5.32 Å². The van der Waals surface area contributed by atoms with Crippen molar-refractivity contribution in [3.63, 3.8) is 0 Å². The van der Waals surface area contributed by atoms with Gasteiger partial charge in [-0.2, -0.15) is 5.10 Å². The highest BCUT2D eigenvalue weighted by Crippen LogP contribution is 2.19. The van der Waals surface area contributed by atoms with Crippen molar-refractivity contribution < 1.29 is 4.79 Å². The molecular formula is C17H23N5O. The third-order valence-electron chi connectivity index (χ3n) is 4.41. The fraction of sp³-hybridized carbons (Fsp3) is 0.471. The number of amides is 1. The average Bonchev–Trinajstić information content (AvgIpc) is 3.04. The molecule has 1 aromatic heterocycles. The molecule has 2 heterocycles. The molecule has 0 saturated carbocycles. The molecule has 6 heteroatoms. The summed E-state index contributed by atoms with van der Waals surface area (Å²) in [6.07, 6.45) is 4.10. The van der Waals surface area contributed by atoms with E-state index in [0.29, 0.717) is 5.92 Å². The van der Waals surface area contributed by atoms with Gasteiger partial charge < -0.3 is 5.32 Å². The lowest BCUT2D eigenvalue weighted by atomic mass is 9.93. The largest absolute Gasteiger partial charge is 0.350 e. The number of rotatable bonds is 5. The van der Waals surface area contributed by atoms with Crippen LogP contribution in [-0.4, -0.2) is 44.7 Å². The molecule has 1 amide bonds. The molecule has 0 bridgehead atoms. The van der Waals surface area contributed by atoms with E-state index in [1.807, 2.05) is 6.07 Å². The van der Waals surface area contributed by atoms with Gasteiger partial charge in [-0.05, 0) is 24.4 Å². The van der Waals surface area contributed by atoms with Crippen LogP contribution in [-0.2, 0) is 17.9 Å². The Hall–Kier alpha value is -2.21. The maximum atomic E-state index is 12.2. The van der Waals surface area contributed by atoms with Gasteiger partial charge in [0.25, 0.3) is 0 Å². The van der Waals surface area contributed by atoms with E-state index in [1.165, 1.54) is 11.9 Å². The number of aromatic nitrogens is 3. The fourth-order valence-corrected chi connectivity index (χ4v) is 3.02. The summed E-state index contributed by atoms with van der Waals surface area (Å²) < 4.78 is 1.55. The first kappa shape index (κ1) is 15.7. The number of hydrogen-bond donors (Lipinski definition) is 1. The summed E-state index contributed by atoms with van der Waals surface area (Å²) in [5.41, 5.74) is 1.31. The normalized spacial score (nSPS) is 22.0. The average molecular weight is 313 g/mol. The van der Waals surface area contributed by atoms with E-state index >= 15 is 0 Å². The van der Waals surface area contributed by atoms with Gasteiger partial charge in [-0.1, -0.05) is 37.3 Å². The molecule has 2 unspecified atom stereocenters. The molecule has 1 aliphatic heterocycles. The van der Waals surface area contributed by atoms with Gasteiger partial charge in [-0.15, -0.1) is 0 Å². The zero-order valence-electron chi connectivity index (χ0n) is 13.4. The number of hydrogen-bond acceptors (Lipinski definition) is 4. The summed E-state index contributed by atoms with van der Waals surface area (Å²) in [6.45, 7) is 5.33. The first-order valence-electron chi connectivity index (χ1n) is 8.09. The Kier molecular flexibility index (Phi) is 5.02. The minimum absolute atomic E-state index is 0.00564. The van der Waals surface area contributed by atoms with Crippen molar-refractivity contribution in [2.45, 2.75) is 32.5 Å². The third-order valence-corrected chi connectivity index (χ3v) is 4.41. The lowest BCUT2D eigenvalue weighted by molar-refractivity contribution is -0.123. The van der Waals surface area contributed by atoms with E-state index in [0.717, 1.165) is 26.1 Å². The van der Waals surface area contributed by atoms with Crippen molar-refractivity contribution in [2.75, 3.05) is 13.1 Å². The smallest absolute Gasteiger partial charge is 0.242 e. The maximum absolute atomic E-state index is 12.2. The lowest BCUT2D eigenvalue weighted by Gasteiger charge is -2.37. The molecule has 1 saturated heterocycles. The molecule has 122 valence electrons. The van der Waals surface area contributed by atoms with Gasteiger partial charge in [0.05, 0.1) is 0 Å². The van der Waals surface area contributed by atoms with Crippen molar-refractivity contribution >= 4 is 5.91 Å². The number of carbonyl (C=O) groups is 1. The molecular weight excluding hydrogens is 290 g/mol. The van der Waals surface area contributed by atoms with Gasteiger partial charge in [-0.3, -0.25) is 9.69 Å². The molecule has 1 fully saturated rings. The number of likely N-dealkylation sites (tertiary alicyclic amines) is 1. The monoisotopic (exact) mass is 313 g/mol. The number of benzene rings is 1. The topological polar surface area (TPSA) is 63.1 Å². The van der Waals surface area contributed by atoms with Gasteiger partial charge in [-0.25, -0.2) is 9.67 Å². The van der Waals surface area contributed by atoms with Crippen LogP contribution in [0.15, 0.2) is 43.0 Å². The highest BCUT2D eigenvalue weighted by Gasteiger charge is 2.27. The number of piperidine rings is 1. The molecule has 0 radical (unpaired) electrons. The highest BCUT2D eigenvalue weighted by atomic mass is 16.2. The van der Waals surface area contributed by atoms with E-state index in [1.54, 1.807) is 11.0 Å². The summed E-state index contributed by atoms with van der Waals surface area (Å²) in [4.78, 5) is 18.4. The molecule has 23 heavy (non-hydrogen) atoms. The highest BCUT2D eigenvalue weighted by molar-refractivity contribution is 5.76. The summed E-state index contributed by atoms with van der Waals surface area (Å²) in [7, 11) is 0. The predicted molar refractivity (Wildman–Crippen MR) is 87.5 cm³/mol. The van der Waals surface area contributed by atoms with E-state index in [2.05, 4.69) is 51.5 Å². The Balaban J connectivity index is 1.54. The van der Waals surface area contributed by atoms with Crippen LogP contribution in [0.4, 0.5) is 0 Å². The summed E-state index contributed by atoms with van der Waals surface area (Å²) in [6, 6.07) is 10.7. The molecule has 6 nitrogen and oxygen atoms in total. The molecule has 3 rings (SSSR count). The van der Waals surface area contributed by atoms with E-state index in [-0.39, 0.29) is 18.5 Å². The number of carbonyl (C=O) groups excluding carboxylic acids is 1. The van der Waals surface area contributed by atoms with Crippen LogP contribution in [0.2, 0.25) is 0 Å². The Morgan fingerprint density at radius 1 is 1.35 bits per heavy atom. The number of nitrogens with one attached hydrogen (secondary N) is 1. The number of nitrogens with zero attached hydrogens (tertiary/aromatic N) is 4. The van der Waals surface area contributed by atoms with Crippen molar-refractivity contribution in [3.05, 3.63) is 48.5 Å². The van der Waals surface area contributed by atoms with Gasteiger partial charge in [0.1, 0.15) is 19.2 Å². The van der Waals surface area contributed by atoms with Crippen LogP contribution in [0.25, 0.3) is 0 Å². The lowest BCUT2D eigenvalue weighted by Crippen LogP contribution is -2.52. The van der Waals surface area contributed by atoms with Crippen LogP contribution in [0.3, 0.4) is 0 Å². The molecule has 0 spiro atoms. The Morgan fingerprint density at radius 3 is 2.91 bits per heavy atom. The SMILES string of the molecule is CC1CCN(Cc2ccccc2)CC1NC(=O)Cn1cncn1. The van der Waals surface area contributed by atoms with Crippen LogP contribution in [0.1, 0.15) is 18.9 Å². The van der Waals surface area contributed by atoms with Gasteiger partial charge in [0.15, 0.2) is 0 Å². The molecule has 0 aliphatic carbocycles. The van der Waals surface area contributed by atoms with Crippen LogP contribution >= 0.6 is 0 Å². The quantitative estimate of drug-likeness (QED) is 0.904. The fourth-order valence-electron chi connectivity index (χ4n) is 3.02. The molecule has 1 aliphatic rings. The second-order valence-electron chi connectivity index (χ2n) is 6.25. The first-order chi connectivity index (χ1) is 11.2. The standard InChI is InChI=1S/C17H23N5O/c1-14-7-8-21(9-15-5-3-2-4-6-15)10-16(14)20-17(23)11-22-13-18-12-19-22/h2-6,12-14,16H,7-11H2,1H3,(H,20,23). The first-order valence-corrected chi connectivity index (χ1v) is 8.09. The Labute approximate surface area is 136 Å². The van der Waals surface area contributed by atoms with Crippen LogP contribution in [0.5, 0.6) is 0 Å². The third kappa shape index (κ3) is 4.39. The second-order valence-corrected chi connectivity index (χ2v) is 6.25. The summed E-state index contributed by atoms with van der Waals surface area (Å²) in [5.74, 6) is 0.482. The van der Waals surface area contributed by atoms with Crippen LogP contribution in [0, 0.1) is 5.92 Å². The van der Waals surface area contributed by atoms with Crippen molar-refractivity contribution in [2.24, 2.45) is 5.92 Å². The minimum atomic E-state index is -0.00564. The zero-order valence-corrected chi connectivity index (χ0v) is 13.4. The molecule has 2 atom stereocenters. The van der Waals surface area contributed by atoms with Crippen molar-refractivity contribution in [1.82, 2.24) is 25.0 Å². The molecule has 1 aromatic carbocycles. The Morgan fingerprint density at radius 2 is 2.17 bits per heavy atom. The van der Waals surface area contributed by atoms with E-state index in [4.69, 9.17) is 0 Å². The zero-order chi connectivity index (χ0) is 16.1. The minimum Gasteiger partial charge on any atom is -0.350 e. The predicted octanol–water partition coefficient (Wildman–Crippen LogP) is 1.30. The molecule has 1 N–H and O–H groups in total. The van der Waals surface area contributed by atoms with Gasteiger partial charge in [0.2, 0.25) is 5.91 Å².